The minimum atomic E-state index is -4.02. The quantitative estimate of drug-likeness (QED) is 0.205. The number of nitrogens with one attached hydrogen (secondary N) is 1. The van der Waals surface area contributed by atoms with E-state index in [1.165, 1.54) is 30.3 Å². The molecular formula is C29H27NO6S2. The second-order valence-corrected chi connectivity index (χ2v) is 11.6. The highest BCUT2D eigenvalue weighted by molar-refractivity contribution is 7.90. The van der Waals surface area contributed by atoms with Crippen molar-refractivity contribution in [3.05, 3.63) is 83.9 Å². The number of allylic oxidation sites excluding steroid dienone is 1. The summed E-state index contributed by atoms with van der Waals surface area (Å²) in [4.78, 5) is 25.6. The molecule has 0 spiro atoms. The molecule has 0 radical (unpaired) electrons. The summed E-state index contributed by atoms with van der Waals surface area (Å²) in [6.07, 6.45) is 3.06. The molecule has 4 aromatic rings. The third kappa shape index (κ3) is 5.79. The topological polar surface area (TPSA) is 98.8 Å². The number of methoxy groups -OCH3 is 2. The average Bonchev–Trinajstić information content (AvgIpc) is 3.35. The third-order valence-corrected chi connectivity index (χ3v) is 8.38. The van der Waals surface area contributed by atoms with Crippen LogP contribution in [0, 0.1) is 5.92 Å². The van der Waals surface area contributed by atoms with Gasteiger partial charge >= 0.3 is 0 Å². The van der Waals surface area contributed by atoms with Crippen LogP contribution in [0.15, 0.2) is 77.7 Å². The molecule has 1 N–H and O–H groups in total. The van der Waals surface area contributed by atoms with Crippen LogP contribution in [0.5, 0.6) is 11.5 Å². The summed E-state index contributed by atoms with van der Waals surface area (Å²) < 4.78 is 39.2. The fourth-order valence-corrected chi connectivity index (χ4v) is 5.93. The van der Waals surface area contributed by atoms with Gasteiger partial charge in [-0.15, -0.1) is 11.3 Å². The Morgan fingerprint density at radius 2 is 1.61 bits per heavy atom. The number of benzene rings is 3. The Morgan fingerprint density at radius 3 is 2.24 bits per heavy atom. The molecular weight excluding hydrogens is 522 g/mol. The van der Waals surface area contributed by atoms with Crippen LogP contribution in [0.4, 0.5) is 0 Å². The monoisotopic (exact) mass is 549 g/mol. The van der Waals surface area contributed by atoms with Crippen LogP contribution >= 0.6 is 11.3 Å². The van der Waals surface area contributed by atoms with E-state index in [2.05, 4.69) is 18.2 Å². The van der Waals surface area contributed by atoms with Crippen molar-refractivity contribution in [2.45, 2.75) is 18.7 Å². The molecule has 0 aliphatic carbocycles. The zero-order chi connectivity index (χ0) is 27.4. The van der Waals surface area contributed by atoms with Crippen LogP contribution in [0.25, 0.3) is 26.6 Å². The zero-order valence-electron chi connectivity index (χ0n) is 21.3. The van der Waals surface area contributed by atoms with Crippen molar-refractivity contribution < 1.29 is 27.5 Å². The first-order valence-electron chi connectivity index (χ1n) is 11.8. The number of carbonyl (C=O) groups is 2. The van der Waals surface area contributed by atoms with Gasteiger partial charge in [-0.05, 0) is 60.0 Å². The van der Waals surface area contributed by atoms with Crippen molar-refractivity contribution in [2.24, 2.45) is 5.92 Å². The van der Waals surface area contributed by atoms with Crippen molar-refractivity contribution in [1.82, 2.24) is 4.72 Å². The van der Waals surface area contributed by atoms with E-state index in [-0.39, 0.29) is 10.7 Å². The highest BCUT2D eigenvalue weighted by atomic mass is 32.2. The Kier molecular flexibility index (Phi) is 7.99. The largest absolute Gasteiger partial charge is 0.496 e. The number of rotatable bonds is 9. The van der Waals surface area contributed by atoms with Crippen LogP contribution in [0.1, 0.15) is 29.8 Å². The highest BCUT2D eigenvalue weighted by Crippen LogP contribution is 2.41. The van der Waals surface area contributed by atoms with Gasteiger partial charge in [0.1, 0.15) is 11.5 Å². The highest BCUT2D eigenvalue weighted by Gasteiger charge is 2.20. The second-order valence-electron chi connectivity index (χ2n) is 8.79. The molecule has 0 atom stereocenters. The van der Waals surface area contributed by atoms with E-state index in [4.69, 9.17) is 9.47 Å². The number of hydrogen-bond donors (Lipinski definition) is 1. The SMILES string of the molecule is COc1cc(OC)c(-c2cc3ccccc3s2)cc1/C=C/C(=O)c1ccc(S(=O)(=O)NC(=O)C(C)C)cc1. The lowest BCUT2D eigenvalue weighted by atomic mass is 10.0. The summed E-state index contributed by atoms with van der Waals surface area (Å²) in [7, 11) is -0.869. The van der Waals surface area contributed by atoms with Crippen LogP contribution in [-0.2, 0) is 14.8 Å². The lowest BCUT2D eigenvalue weighted by Crippen LogP contribution is -2.33. The number of carbonyl (C=O) groups excluding carboxylic acids is 2. The maximum Gasteiger partial charge on any atom is 0.264 e. The molecule has 1 heterocycles. The molecule has 0 saturated carbocycles. The number of hydrogen-bond acceptors (Lipinski definition) is 7. The summed E-state index contributed by atoms with van der Waals surface area (Å²) in [5.74, 6) is -0.209. The lowest BCUT2D eigenvalue weighted by Gasteiger charge is -2.12. The first-order valence-corrected chi connectivity index (χ1v) is 14.1. The van der Waals surface area contributed by atoms with Crippen molar-refractivity contribution >= 4 is 49.2 Å². The lowest BCUT2D eigenvalue weighted by molar-refractivity contribution is -0.122. The molecule has 7 nitrogen and oxygen atoms in total. The van der Waals surface area contributed by atoms with E-state index in [9.17, 15) is 18.0 Å². The Bertz CT molecular complexity index is 1600. The average molecular weight is 550 g/mol. The maximum atomic E-state index is 12.9. The number of ether oxygens (including phenoxy) is 2. The van der Waals surface area contributed by atoms with Gasteiger partial charge in [-0.2, -0.15) is 0 Å². The summed E-state index contributed by atoms with van der Waals surface area (Å²) in [6.45, 7) is 3.20. The number of ketones is 1. The minimum Gasteiger partial charge on any atom is -0.496 e. The van der Waals surface area contributed by atoms with Gasteiger partial charge in [-0.1, -0.05) is 32.0 Å². The first-order chi connectivity index (χ1) is 18.1. The van der Waals surface area contributed by atoms with E-state index >= 15 is 0 Å². The Morgan fingerprint density at radius 1 is 0.921 bits per heavy atom. The van der Waals surface area contributed by atoms with Crippen molar-refractivity contribution in [3.63, 3.8) is 0 Å². The molecule has 0 saturated heterocycles. The molecule has 9 heteroatoms. The summed E-state index contributed by atoms with van der Waals surface area (Å²) in [5, 5.41) is 1.13. The van der Waals surface area contributed by atoms with Gasteiger partial charge in [0, 0.05) is 38.3 Å². The van der Waals surface area contributed by atoms with Crippen LogP contribution < -0.4 is 14.2 Å². The van der Waals surface area contributed by atoms with Gasteiger partial charge in [-0.3, -0.25) is 9.59 Å². The van der Waals surface area contributed by atoms with Gasteiger partial charge in [0.25, 0.3) is 10.0 Å². The smallest absolute Gasteiger partial charge is 0.264 e. The summed E-state index contributed by atoms with van der Waals surface area (Å²) in [5.41, 5.74) is 1.86. The fraction of sp³-hybridized carbons (Fsp3) is 0.172. The van der Waals surface area contributed by atoms with Gasteiger partial charge < -0.3 is 9.47 Å². The van der Waals surface area contributed by atoms with E-state index in [1.54, 1.807) is 51.5 Å². The number of amides is 1. The van der Waals surface area contributed by atoms with E-state index in [1.807, 2.05) is 22.9 Å². The maximum absolute atomic E-state index is 12.9. The van der Waals surface area contributed by atoms with Gasteiger partial charge in [-0.25, -0.2) is 13.1 Å². The van der Waals surface area contributed by atoms with Gasteiger partial charge in [0.2, 0.25) is 5.91 Å². The molecule has 1 amide bonds. The zero-order valence-corrected chi connectivity index (χ0v) is 23.0. The van der Waals surface area contributed by atoms with Crippen LogP contribution in [0.3, 0.4) is 0 Å². The predicted octanol–water partition coefficient (Wildman–Crippen LogP) is 5.94. The number of fused-ring (bicyclic) bond motifs is 1. The first kappa shape index (κ1) is 27.1. The summed E-state index contributed by atoms with van der Waals surface area (Å²) in [6, 6.07) is 19.3. The van der Waals surface area contributed by atoms with Crippen molar-refractivity contribution in [3.8, 4) is 21.9 Å². The van der Waals surface area contributed by atoms with Gasteiger partial charge in [0.05, 0.1) is 19.1 Å². The number of thiophene rings is 1. The molecule has 0 unspecified atom stereocenters. The number of sulfonamides is 1. The fourth-order valence-electron chi connectivity index (χ4n) is 3.73. The van der Waals surface area contributed by atoms with E-state index in [0.29, 0.717) is 22.6 Å². The molecule has 1 aromatic heterocycles. The third-order valence-electron chi connectivity index (χ3n) is 5.87. The summed E-state index contributed by atoms with van der Waals surface area (Å²) >= 11 is 1.64. The minimum absolute atomic E-state index is 0.100. The molecule has 0 aliphatic heterocycles. The molecule has 38 heavy (non-hydrogen) atoms. The molecule has 0 aliphatic rings. The molecule has 3 aromatic carbocycles. The van der Waals surface area contributed by atoms with Crippen molar-refractivity contribution in [2.75, 3.05) is 14.2 Å². The second kappa shape index (κ2) is 11.2. The predicted molar refractivity (Wildman–Crippen MR) is 150 cm³/mol. The Balaban J connectivity index is 1.61. The van der Waals surface area contributed by atoms with E-state index in [0.717, 1.165) is 20.5 Å². The van der Waals surface area contributed by atoms with Crippen molar-refractivity contribution in [1.29, 1.82) is 0 Å². The molecule has 0 bridgehead atoms. The van der Waals surface area contributed by atoms with E-state index < -0.39 is 21.8 Å². The Hall–Kier alpha value is -3.95. The Labute approximate surface area is 225 Å². The molecule has 4 rings (SSSR count). The standard InChI is InChI=1S/C29H27NO6S2/c1-18(2)29(32)30-38(33,34)22-12-9-19(10-13-22)24(31)14-11-20-15-23(26(36-4)17-25(20)35-3)28-16-21-7-5-6-8-27(21)37-28/h5-18H,1-4H3,(H,30,32)/b14-11+. The van der Waals surface area contributed by atoms with Crippen LogP contribution in [-0.4, -0.2) is 34.3 Å². The normalized spacial score (nSPS) is 11.7. The van der Waals surface area contributed by atoms with Crippen LogP contribution in [0.2, 0.25) is 0 Å². The van der Waals surface area contributed by atoms with Gasteiger partial charge in [0.15, 0.2) is 5.78 Å². The molecule has 196 valence electrons. The molecule has 0 fully saturated rings.